The molecule has 0 aromatic carbocycles. The van der Waals surface area contributed by atoms with Gasteiger partial charge in [0.2, 0.25) is 5.91 Å². The van der Waals surface area contributed by atoms with Crippen LogP contribution in [-0.2, 0) is 19.1 Å². The molecule has 20 heavy (non-hydrogen) atoms. The van der Waals surface area contributed by atoms with Crippen LogP contribution in [0.2, 0.25) is 0 Å². The number of nitrogens with zero attached hydrogens (tertiary/aromatic N) is 1. The Balaban J connectivity index is 1.47. The summed E-state index contributed by atoms with van der Waals surface area (Å²) in [6, 6.07) is 0.360. The van der Waals surface area contributed by atoms with Crippen LogP contribution < -0.4 is 0 Å². The number of carbonyl (C=O) groups is 2. The predicted octanol–water partition coefficient (Wildman–Crippen LogP) is 1.50. The Labute approximate surface area is 119 Å². The molecule has 2 heterocycles. The SMILES string of the molecule is O=C(OC[C@@H]1CCCO1)[C@@H]1CC(=O)N(C2CCCC2)C1. The third kappa shape index (κ3) is 2.97. The molecule has 2 aliphatic heterocycles. The van der Waals surface area contributed by atoms with Crippen LogP contribution in [0.25, 0.3) is 0 Å². The second-order valence-corrected chi connectivity index (χ2v) is 6.15. The Bertz CT molecular complexity index is 372. The Morgan fingerprint density at radius 2 is 2.05 bits per heavy atom. The number of hydrogen-bond donors (Lipinski definition) is 0. The van der Waals surface area contributed by atoms with Crippen molar-refractivity contribution in [3.05, 3.63) is 0 Å². The Kier molecular flexibility index (Phi) is 4.24. The summed E-state index contributed by atoms with van der Waals surface area (Å²) in [4.78, 5) is 26.0. The van der Waals surface area contributed by atoms with Gasteiger partial charge >= 0.3 is 5.97 Å². The molecular weight excluding hydrogens is 258 g/mol. The number of ether oxygens (including phenoxy) is 2. The van der Waals surface area contributed by atoms with E-state index in [2.05, 4.69) is 0 Å². The van der Waals surface area contributed by atoms with E-state index < -0.39 is 0 Å². The zero-order valence-corrected chi connectivity index (χ0v) is 11.9. The maximum Gasteiger partial charge on any atom is 0.311 e. The van der Waals surface area contributed by atoms with Crippen LogP contribution in [0.3, 0.4) is 0 Å². The van der Waals surface area contributed by atoms with Crippen molar-refractivity contribution in [3.63, 3.8) is 0 Å². The highest BCUT2D eigenvalue weighted by Crippen LogP contribution is 2.30. The Morgan fingerprint density at radius 1 is 1.25 bits per heavy atom. The second-order valence-electron chi connectivity index (χ2n) is 6.15. The third-order valence-electron chi connectivity index (χ3n) is 4.69. The van der Waals surface area contributed by atoms with E-state index in [1.54, 1.807) is 0 Å². The average Bonchev–Trinajstić information content (AvgIpc) is 3.17. The molecule has 1 aliphatic carbocycles. The average molecular weight is 281 g/mol. The largest absolute Gasteiger partial charge is 0.463 e. The minimum absolute atomic E-state index is 0.0574. The highest BCUT2D eigenvalue weighted by atomic mass is 16.6. The first-order valence-corrected chi connectivity index (χ1v) is 7.82. The van der Waals surface area contributed by atoms with Gasteiger partial charge in [-0.05, 0) is 25.7 Å². The van der Waals surface area contributed by atoms with Gasteiger partial charge in [0.05, 0.1) is 12.0 Å². The number of esters is 1. The van der Waals surface area contributed by atoms with Gasteiger partial charge in [-0.1, -0.05) is 12.8 Å². The Hall–Kier alpha value is -1.10. The molecule has 0 aromatic rings. The van der Waals surface area contributed by atoms with E-state index in [9.17, 15) is 9.59 Å². The van der Waals surface area contributed by atoms with Gasteiger partial charge in [0.15, 0.2) is 0 Å². The van der Waals surface area contributed by atoms with Gasteiger partial charge in [0.25, 0.3) is 0 Å². The summed E-state index contributed by atoms with van der Waals surface area (Å²) in [5.74, 6) is -0.380. The van der Waals surface area contributed by atoms with Crippen LogP contribution in [0.15, 0.2) is 0 Å². The van der Waals surface area contributed by atoms with Gasteiger partial charge < -0.3 is 14.4 Å². The van der Waals surface area contributed by atoms with Crippen molar-refractivity contribution in [2.75, 3.05) is 19.8 Å². The van der Waals surface area contributed by atoms with Crippen molar-refractivity contribution >= 4 is 11.9 Å². The maximum absolute atomic E-state index is 12.1. The fourth-order valence-electron chi connectivity index (χ4n) is 3.53. The molecule has 3 aliphatic rings. The standard InChI is InChI=1S/C15H23NO4/c17-14-8-11(9-16(14)12-4-1-2-5-12)15(18)20-10-13-6-3-7-19-13/h11-13H,1-10H2/t11-,13+/m1/s1. The number of hydrogen-bond acceptors (Lipinski definition) is 4. The Morgan fingerprint density at radius 3 is 2.75 bits per heavy atom. The van der Waals surface area contributed by atoms with Gasteiger partial charge in [0.1, 0.15) is 6.61 Å². The van der Waals surface area contributed by atoms with E-state index in [0.717, 1.165) is 32.3 Å². The van der Waals surface area contributed by atoms with Gasteiger partial charge in [0, 0.05) is 25.6 Å². The lowest BCUT2D eigenvalue weighted by Gasteiger charge is -2.23. The van der Waals surface area contributed by atoms with Crippen molar-refractivity contribution in [2.45, 2.75) is 57.1 Å². The first-order chi connectivity index (χ1) is 9.74. The van der Waals surface area contributed by atoms with E-state index >= 15 is 0 Å². The monoisotopic (exact) mass is 281 g/mol. The van der Waals surface area contributed by atoms with Gasteiger partial charge in [-0.15, -0.1) is 0 Å². The molecule has 112 valence electrons. The molecule has 0 radical (unpaired) electrons. The predicted molar refractivity (Wildman–Crippen MR) is 72.0 cm³/mol. The first-order valence-electron chi connectivity index (χ1n) is 7.82. The van der Waals surface area contributed by atoms with Crippen molar-refractivity contribution in [1.82, 2.24) is 4.90 Å². The van der Waals surface area contributed by atoms with Crippen molar-refractivity contribution in [3.8, 4) is 0 Å². The molecule has 0 unspecified atom stereocenters. The minimum Gasteiger partial charge on any atom is -0.463 e. The summed E-state index contributed by atoms with van der Waals surface area (Å²) in [6.45, 7) is 1.65. The number of carbonyl (C=O) groups excluding carboxylic acids is 2. The van der Waals surface area contributed by atoms with E-state index in [0.29, 0.717) is 25.6 Å². The first kappa shape index (κ1) is 13.9. The molecule has 3 fully saturated rings. The molecule has 3 rings (SSSR count). The molecule has 0 bridgehead atoms. The quantitative estimate of drug-likeness (QED) is 0.733. The van der Waals surface area contributed by atoms with Crippen molar-refractivity contribution in [2.24, 2.45) is 5.92 Å². The summed E-state index contributed by atoms with van der Waals surface area (Å²) in [5, 5.41) is 0. The lowest BCUT2D eigenvalue weighted by Crippen LogP contribution is -2.35. The lowest BCUT2D eigenvalue weighted by atomic mass is 10.1. The van der Waals surface area contributed by atoms with E-state index in [4.69, 9.17) is 9.47 Å². The van der Waals surface area contributed by atoms with Gasteiger partial charge in [-0.25, -0.2) is 0 Å². The molecule has 0 aromatic heterocycles. The zero-order chi connectivity index (χ0) is 13.9. The molecule has 0 N–H and O–H groups in total. The highest BCUT2D eigenvalue weighted by Gasteiger charge is 2.39. The summed E-state index contributed by atoms with van der Waals surface area (Å²) in [5.41, 5.74) is 0. The van der Waals surface area contributed by atoms with Gasteiger partial charge in [-0.3, -0.25) is 9.59 Å². The molecule has 5 heteroatoms. The summed E-state index contributed by atoms with van der Waals surface area (Å²) < 4.78 is 10.8. The van der Waals surface area contributed by atoms with Crippen LogP contribution in [0.4, 0.5) is 0 Å². The molecule has 0 spiro atoms. The number of rotatable bonds is 4. The van der Waals surface area contributed by atoms with Crippen LogP contribution in [0.5, 0.6) is 0 Å². The highest BCUT2D eigenvalue weighted by molar-refractivity contribution is 5.87. The summed E-state index contributed by atoms with van der Waals surface area (Å²) in [7, 11) is 0. The molecule has 1 amide bonds. The molecule has 2 saturated heterocycles. The molecule has 1 saturated carbocycles. The topological polar surface area (TPSA) is 55.8 Å². The minimum atomic E-state index is -0.274. The fourth-order valence-corrected chi connectivity index (χ4v) is 3.53. The van der Waals surface area contributed by atoms with Crippen LogP contribution in [0, 0.1) is 5.92 Å². The second kappa shape index (κ2) is 6.12. The fraction of sp³-hybridized carbons (Fsp3) is 0.867. The summed E-state index contributed by atoms with van der Waals surface area (Å²) in [6.07, 6.45) is 6.95. The molecular formula is C15H23NO4. The normalized spacial score (nSPS) is 31.2. The maximum atomic E-state index is 12.1. The third-order valence-corrected chi connectivity index (χ3v) is 4.69. The number of amides is 1. The lowest BCUT2D eigenvalue weighted by molar-refractivity contribution is -0.151. The number of likely N-dealkylation sites (tertiary alicyclic amines) is 1. The zero-order valence-electron chi connectivity index (χ0n) is 11.9. The van der Waals surface area contributed by atoms with Crippen molar-refractivity contribution < 1.29 is 19.1 Å². The summed E-state index contributed by atoms with van der Waals surface area (Å²) >= 11 is 0. The van der Waals surface area contributed by atoms with Crippen LogP contribution >= 0.6 is 0 Å². The van der Waals surface area contributed by atoms with E-state index in [-0.39, 0.29) is 23.9 Å². The molecule has 5 nitrogen and oxygen atoms in total. The van der Waals surface area contributed by atoms with Crippen LogP contribution in [-0.4, -0.2) is 48.7 Å². The van der Waals surface area contributed by atoms with E-state index in [1.807, 2.05) is 4.90 Å². The van der Waals surface area contributed by atoms with Gasteiger partial charge in [-0.2, -0.15) is 0 Å². The molecule has 2 atom stereocenters. The van der Waals surface area contributed by atoms with Crippen LogP contribution in [0.1, 0.15) is 44.9 Å². The van der Waals surface area contributed by atoms with E-state index in [1.165, 1.54) is 12.8 Å². The van der Waals surface area contributed by atoms with Crippen molar-refractivity contribution in [1.29, 1.82) is 0 Å². The smallest absolute Gasteiger partial charge is 0.311 e.